The van der Waals surface area contributed by atoms with Crippen LogP contribution in [0.4, 0.5) is 10.8 Å². The van der Waals surface area contributed by atoms with Gasteiger partial charge in [-0.1, -0.05) is 24.3 Å². The van der Waals surface area contributed by atoms with Gasteiger partial charge in [0.25, 0.3) is 0 Å². The van der Waals surface area contributed by atoms with Crippen molar-refractivity contribution in [2.75, 3.05) is 44.0 Å². The van der Waals surface area contributed by atoms with Gasteiger partial charge in [0.05, 0.1) is 12.2 Å². The first-order valence-corrected chi connectivity index (χ1v) is 9.59. The fraction of sp³-hybridized carbons (Fsp3) is 0.368. The summed E-state index contributed by atoms with van der Waals surface area (Å²) >= 11 is 1.65. The molecule has 0 saturated heterocycles. The molecule has 26 heavy (non-hydrogen) atoms. The molecule has 1 aliphatic heterocycles. The molecule has 0 amide bonds. The summed E-state index contributed by atoms with van der Waals surface area (Å²) in [7, 11) is 5.79. The molecular weight excluding hydrogens is 344 g/mol. The molecule has 1 aromatic heterocycles. The molecule has 0 spiro atoms. The topological polar surface area (TPSA) is 55.8 Å². The van der Waals surface area contributed by atoms with Crippen LogP contribution in [0.5, 0.6) is 0 Å². The molecule has 0 aliphatic carbocycles. The van der Waals surface area contributed by atoms with Gasteiger partial charge >= 0.3 is 0 Å². The number of nitrogens with one attached hydrogen (secondary N) is 2. The van der Waals surface area contributed by atoms with Crippen molar-refractivity contribution in [1.82, 2.24) is 15.6 Å². The average Bonchev–Trinajstić information content (AvgIpc) is 3.34. The molecule has 1 aromatic carbocycles. The Bertz CT molecular complexity index is 772. The fourth-order valence-corrected chi connectivity index (χ4v) is 3.47. The molecule has 6 nitrogen and oxygen atoms in total. The normalized spacial score (nSPS) is 14.0. The van der Waals surface area contributed by atoms with Gasteiger partial charge in [-0.05, 0) is 17.7 Å². The number of benzene rings is 1. The van der Waals surface area contributed by atoms with Gasteiger partial charge in [0.15, 0.2) is 11.1 Å². The van der Waals surface area contributed by atoms with Crippen LogP contribution in [0.25, 0.3) is 0 Å². The van der Waals surface area contributed by atoms with Crippen LogP contribution in [0.1, 0.15) is 11.3 Å². The lowest BCUT2D eigenvalue weighted by atomic mass is 10.2. The van der Waals surface area contributed by atoms with E-state index >= 15 is 0 Å². The van der Waals surface area contributed by atoms with Gasteiger partial charge in [0.1, 0.15) is 0 Å². The lowest BCUT2D eigenvalue weighted by Crippen LogP contribution is -2.36. The summed E-state index contributed by atoms with van der Waals surface area (Å²) < 4.78 is 0. The number of aliphatic imine (C=N–C) groups is 1. The van der Waals surface area contributed by atoms with E-state index in [0.29, 0.717) is 6.54 Å². The summed E-state index contributed by atoms with van der Waals surface area (Å²) in [6.45, 7) is 3.36. The summed E-state index contributed by atoms with van der Waals surface area (Å²) in [6.07, 6.45) is 4.41. The molecule has 2 aromatic rings. The van der Waals surface area contributed by atoms with E-state index in [9.17, 15) is 0 Å². The first-order valence-electron chi connectivity index (χ1n) is 8.71. The maximum atomic E-state index is 4.58. The molecule has 0 atom stereocenters. The second kappa shape index (κ2) is 8.71. The Morgan fingerprint density at radius 3 is 2.69 bits per heavy atom. The lowest BCUT2D eigenvalue weighted by Gasteiger charge is -2.19. The second-order valence-electron chi connectivity index (χ2n) is 6.34. The van der Waals surface area contributed by atoms with Gasteiger partial charge in [-0.2, -0.15) is 0 Å². The Morgan fingerprint density at radius 2 is 2.00 bits per heavy atom. The third-order valence-corrected chi connectivity index (χ3v) is 5.19. The molecule has 0 radical (unpaired) electrons. The van der Waals surface area contributed by atoms with Crippen molar-refractivity contribution in [2.24, 2.45) is 4.99 Å². The number of guanidine groups is 1. The van der Waals surface area contributed by atoms with Crippen molar-refractivity contribution in [3.8, 4) is 0 Å². The molecule has 0 fully saturated rings. The number of hydrogen-bond donors (Lipinski definition) is 2. The van der Waals surface area contributed by atoms with Crippen LogP contribution in [-0.4, -0.2) is 45.2 Å². The molecule has 0 saturated carbocycles. The largest absolute Gasteiger partial charge is 0.364 e. The summed E-state index contributed by atoms with van der Waals surface area (Å²) in [5, 5.41) is 9.78. The number of thiazole rings is 1. The Kier molecular flexibility index (Phi) is 6.12. The predicted octanol–water partition coefficient (Wildman–Crippen LogP) is 2.45. The first-order chi connectivity index (χ1) is 12.7. The van der Waals surface area contributed by atoms with Crippen molar-refractivity contribution < 1.29 is 0 Å². The Morgan fingerprint density at radius 1 is 1.23 bits per heavy atom. The minimum Gasteiger partial charge on any atom is -0.364 e. The third kappa shape index (κ3) is 4.76. The van der Waals surface area contributed by atoms with E-state index in [1.807, 2.05) is 19.0 Å². The smallest absolute Gasteiger partial charge is 0.191 e. The maximum absolute atomic E-state index is 4.58. The molecule has 2 N–H and O–H groups in total. The van der Waals surface area contributed by atoms with E-state index in [1.54, 1.807) is 18.4 Å². The number of rotatable bonds is 6. The van der Waals surface area contributed by atoms with Gasteiger partial charge in [0.2, 0.25) is 0 Å². The highest BCUT2D eigenvalue weighted by Crippen LogP contribution is 2.19. The van der Waals surface area contributed by atoms with Crippen molar-refractivity contribution >= 4 is 28.1 Å². The molecule has 3 rings (SSSR count). The Balaban J connectivity index is 1.51. The molecule has 138 valence electrons. The van der Waals surface area contributed by atoms with Gasteiger partial charge < -0.3 is 20.4 Å². The molecule has 2 heterocycles. The SMILES string of the molecule is CN=C(NCc1cccc(N2CC=CC2)c1)NCc1csc(N(C)C)n1. The van der Waals surface area contributed by atoms with E-state index in [2.05, 4.69) is 67.3 Å². The Hall–Kier alpha value is -2.54. The number of aromatic nitrogens is 1. The molecular formula is C19H26N6S. The van der Waals surface area contributed by atoms with Gasteiger partial charge in [-0.15, -0.1) is 11.3 Å². The van der Waals surface area contributed by atoms with E-state index < -0.39 is 0 Å². The monoisotopic (exact) mass is 370 g/mol. The van der Waals surface area contributed by atoms with Crippen LogP contribution in [0.15, 0.2) is 46.8 Å². The highest BCUT2D eigenvalue weighted by Gasteiger charge is 2.08. The second-order valence-corrected chi connectivity index (χ2v) is 7.18. The van der Waals surface area contributed by atoms with Gasteiger partial charge in [-0.25, -0.2) is 4.98 Å². The number of nitrogens with zero attached hydrogens (tertiary/aromatic N) is 4. The number of anilines is 2. The van der Waals surface area contributed by atoms with E-state index in [0.717, 1.165) is 36.4 Å². The van der Waals surface area contributed by atoms with Crippen LogP contribution in [0.2, 0.25) is 0 Å². The fourth-order valence-electron chi connectivity index (χ4n) is 2.72. The van der Waals surface area contributed by atoms with Gasteiger partial charge in [-0.3, -0.25) is 4.99 Å². The zero-order valence-corrected chi connectivity index (χ0v) is 16.4. The molecule has 0 unspecified atom stereocenters. The van der Waals surface area contributed by atoms with Crippen molar-refractivity contribution in [2.45, 2.75) is 13.1 Å². The third-order valence-electron chi connectivity index (χ3n) is 4.14. The standard InChI is InChI=1S/C19H26N6S/c1-20-18(22-13-16-14-26-19(23-16)24(2)3)21-12-15-7-6-8-17(11-15)25-9-4-5-10-25/h4-8,11,14H,9-10,12-13H2,1-3H3,(H2,20,21,22). The zero-order valence-electron chi connectivity index (χ0n) is 15.6. The highest BCUT2D eigenvalue weighted by molar-refractivity contribution is 7.13. The van der Waals surface area contributed by atoms with E-state index in [4.69, 9.17) is 0 Å². The minimum atomic E-state index is 0.656. The van der Waals surface area contributed by atoms with Crippen molar-refractivity contribution in [3.63, 3.8) is 0 Å². The van der Waals surface area contributed by atoms with Crippen molar-refractivity contribution in [1.29, 1.82) is 0 Å². The number of hydrogen-bond acceptors (Lipinski definition) is 5. The highest BCUT2D eigenvalue weighted by atomic mass is 32.1. The first kappa shape index (κ1) is 18.3. The van der Waals surface area contributed by atoms with Crippen LogP contribution >= 0.6 is 11.3 Å². The van der Waals surface area contributed by atoms with Crippen LogP contribution in [0, 0.1) is 0 Å². The quantitative estimate of drug-likeness (QED) is 0.465. The maximum Gasteiger partial charge on any atom is 0.191 e. The zero-order chi connectivity index (χ0) is 18.4. The van der Waals surface area contributed by atoms with E-state index in [-0.39, 0.29) is 0 Å². The summed E-state index contributed by atoms with van der Waals surface area (Å²) in [4.78, 5) is 13.2. The van der Waals surface area contributed by atoms with E-state index in [1.165, 1.54) is 11.3 Å². The summed E-state index contributed by atoms with van der Waals surface area (Å²) in [6, 6.07) is 8.64. The lowest BCUT2D eigenvalue weighted by molar-refractivity contribution is 0.797. The van der Waals surface area contributed by atoms with Gasteiger partial charge in [0, 0.05) is 51.8 Å². The molecule has 0 bridgehead atoms. The van der Waals surface area contributed by atoms with Crippen molar-refractivity contribution in [3.05, 3.63) is 53.1 Å². The minimum absolute atomic E-state index is 0.656. The Labute approximate surface area is 159 Å². The van der Waals surface area contributed by atoms with Crippen LogP contribution in [-0.2, 0) is 13.1 Å². The summed E-state index contributed by atoms with van der Waals surface area (Å²) in [5.74, 6) is 0.776. The average molecular weight is 371 g/mol. The molecule has 7 heteroatoms. The molecule has 1 aliphatic rings. The predicted molar refractivity (Wildman–Crippen MR) is 111 cm³/mol. The van der Waals surface area contributed by atoms with Crippen LogP contribution in [0.3, 0.4) is 0 Å². The summed E-state index contributed by atoms with van der Waals surface area (Å²) in [5.41, 5.74) is 3.52. The van der Waals surface area contributed by atoms with Crippen LogP contribution < -0.4 is 20.4 Å².